The van der Waals surface area contributed by atoms with Gasteiger partial charge in [-0.2, -0.15) is 0 Å². The lowest BCUT2D eigenvalue weighted by molar-refractivity contribution is 0.0472. The normalized spacial score (nSPS) is 10.3. The molecule has 0 aliphatic rings. The average molecular weight is 305 g/mol. The quantitative estimate of drug-likeness (QED) is 0.592. The third kappa shape index (κ3) is 3.71. The number of hydrogen-bond donors (Lipinski definition) is 1. The van der Waals surface area contributed by atoms with Crippen LogP contribution in [-0.4, -0.2) is 15.9 Å². The molecule has 0 saturated carbocycles. The molecule has 0 aliphatic heterocycles. The highest BCUT2D eigenvalue weighted by Gasteiger charge is 2.10. The van der Waals surface area contributed by atoms with Gasteiger partial charge in [-0.15, -0.1) is 0 Å². The second-order valence-electron chi connectivity index (χ2n) is 4.98. The number of nitrogen functional groups attached to an aromatic ring is 1. The largest absolute Gasteiger partial charge is 0.457 e. The van der Waals surface area contributed by atoms with Gasteiger partial charge in [0.1, 0.15) is 6.61 Å². The van der Waals surface area contributed by atoms with Crippen LogP contribution in [-0.2, 0) is 11.3 Å². The highest BCUT2D eigenvalue weighted by atomic mass is 16.5. The Labute approximate surface area is 133 Å². The molecule has 0 bridgehead atoms. The first-order valence-corrected chi connectivity index (χ1v) is 7.11. The number of carbonyl (C=O) groups is 1. The van der Waals surface area contributed by atoms with Crippen LogP contribution in [0.3, 0.4) is 0 Å². The van der Waals surface area contributed by atoms with E-state index < -0.39 is 5.97 Å². The van der Waals surface area contributed by atoms with E-state index in [1.54, 1.807) is 12.1 Å². The first-order valence-electron chi connectivity index (χ1n) is 7.11. The SMILES string of the molecule is Nc1cccc(COC(=O)c2cnc(-c3ccccc3)nc2)c1. The molecule has 0 spiro atoms. The van der Waals surface area contributed by atoms with E-state index in [1.165, 1.54) is 12.4 Å². The summed E-state index contributed by atoms with van der Waals surface area (Å²) in [5.74, 6) is 0.102. The van der Waals surface area contributed by atoms with E-state index in [4.69, 9.17) is 10.5 Å². The Balaban J connectivity index is 1.66. The maximum atomic E-state index is 12.0. The molecule has 2 aromatic carbocycles. The van der Waals surface area contributed by atoms with Crippen molar-refractivity contribution < 1.29 is 9.53 Å². The third-order valence-corrected chi connectivity index (χ3v) is 3.24. The molecule has 5 heteroatoms. The highest BCUT2D eigenvalue weighted by molar-refractivity contribution is 5.88. The molecule has 0 aliphatic carbocycles. The minimum Gasteiger partial charge on any atom is -0.457 e. The summed E-state index contributed by atoms with van der Waals surface area (Å²) in [6.07, 6.45) is 2.94. The summed E-state index contributed by atoms with van der Waals surface area (Å²) in [5, 5.41) is 0. The molecular formula is C18H15N3O2. The molecule has 0 radical (unpaired) electrons. The highest BCUT2D eigenvalue weighted by Crippen LogP contribution is 2.14. The lowest BCUT2D eigenvalue weighted by atomic mass is 10.2. The first kappa shape index (κ1) is 14.7. The molecule has 2 N–H and O–H groups in total. The summed E-state index contributed by atoms with van der Waals surface area (Å²) >= 11 is 0. The third-order valence-electron chi connectivity index (χ3n) is 3.24. The number of nitrogens with two attached hydrogens (primary N) is 1. The fraction of sp³-hybridized carbons (Fsp3) is 0.0556. The van der Waals surface area contributed by atoms with Crippen molar-refractivity contribution in [2.45, 2.75) is 6.61 Å². The van der Waals surface area contributed by atoms with Crippen molar-refractivity contribution >= 4 is 11.7 Å². The van der Waals surface area contributed by atoms with Gasteiger partial charge < -0.3 is 10.5 Å². The van der Waals surface area contributed by atoms with Crippen molar-refractivity contribution in [2.75, 3.05) is 5.73 Å². The van der Waals surface area contributed by atoms with Gasteiger partial charge >= 0.3 is 5.97 Å². The fourth-order valence-corrected chi connectivity index (χ4v) is 2.08. The van der Waals surface area contributed by atoms with Crippen molar-refractivity contribution in [2.24, 2.45) is 0 Å². The Morgan fingerprint density at radius 1 is 1.00 bits per heavy atom. The standard InChI is InChI=1S/C18H15N3O2/c19-16-8-4-5-13(9-16)12-23-18(22)15-10-20-17(21-11-15)14-6-2-1-3-7-14/h1-11H,12,19H2. The summed E-state index contributed by atoms with van der Waals surface area (Å²) in [6.45, 7) is 0.157. The van der Waals surface area contributed by atoms with E-state index >= 15 is 0 Å². The predicted molar refractivity (Wildman–Crippen MR) is 87.4 cm³/mol. The molecule has 0 fully saturated rings. The smallest absolute Gasteiger partial charge is 0.341 e. The Hall–Kier alpha value is -3.21. The summed E-state index contributed by atoms with van der Waals surface area (Å²) < 4.78 is 5.24. The van der Waals surface area contributed by atoms with Crippen molar-refractivity contribution in [1.29, 1.82) is 0 Å². The van der Waals surface area contributed by atoms with E-state index in [2.05, 4.69) is 9.97 Å². The molecule has 0 atom stereocenters. The summed E-state index contributed by atoms with van der Waals surface area (Å²) in [4.78, 5) is 20.4. The molecule has 1 aromatic heterocycles. The fourth-order valence-electron chi connectivity index (χ4n) is 2.08. The number of esters is 1. The molecule has 0 amide bonds. The van der Waals surface area contributed by atoms with Gasteiger partial charge in [-0.05, 0) is 17.7 Å². The zero-order valence-electron chi connectivity index (χ0n) is 12.3. The molecule has 3 rings (SSSR count). The number of anilines is 1. The van der Waals surface area contributed by atoms with Gasteiger partial charge in [0.15, 0.2) is 5.82 Å². The molecule has 0 saturated heterocycles. The average Bonchev–Trinajstić information content (AvgIpc) is 2.61. The second kappa shape index (κ2) is 6.70. The topological polar surface area (TPSA) is 78.1 Å². The van der Waals surface area contributed by atoms with Crippen LogP contribution in [0.15, 0.2) is 67.0 Å². The van der Waals surface area contributed by atoms with Crippen molar-refractivity contribution in [3.63, 3.8) is 0 Å². The summed E-state index contributed by atoms with van der Waals surface area (Å²) in [7, 11) is 0. The Morgan fingerprint density at radius 3 is 2.43 bits per heavy atom. The van der Waals surface area contributed by atoms with Gasteiger partial charge in [0.05, 0.1) is 5.56 Å². The van der Waals surface area contributed by atoms with Crippen LogP contribution in [0, 0.1) is 0 Å². The second-order valence-corrected chi connectivity index (χ2v) is 4.98. The van der Waals surface area contributed by atoms with Crippen LogP contribution >= 0.6 is 0 Å². The number of carbonyl (C=O) groups excluding carboxylic acids is 1. The molecule has 23 heavy (non-hydrogen) atoms. The molecule has 5 nitrogen and oxygen atoms in total. The number of nitrogens with zero attached hydrogens (tertiary/aromatic N) is 2. The number of hydrogen-bond acceptors (Lipinski definition) is 5. The lowest BCUT2D eigenvalue weighted by Crippen LogP contribution is -2.07. The van der Waals surface area contributed by atoms with Gasteiger partial charge in [0.2, 0.25) is 0 Å². The Bertz CT molecular complexity index is 802. The predicted octanol–water partition coefficient (Wildman–Crippen LogP) is 3.08. The maximum absolute atomic E-state index is 12.0. The van der Waals surface area contributed by atoms with Crippen LogP contribution in [0.5, 0.6) is 0 Å². The van der Waals surface area contributed by atoms with E-state index in [9.17, 15) is 4.79 Å². The van der Waals surface area contributed by atoms with Crippen molar-refractivity contribution in [3.8, 4) is 11.4 Å². The lowest BCUT2D eigenvalue weighted by Gasteiger charge is -2.06. The van der Waals surface area contributed by atoms with E-state index in [1.807, 2.05) is 42.5 Å². The van der Waals surface area contributed by atoms with Gasteiger partial charge in [-0.3, -0.25) is 0 Å². The molecular weight excluding hydrogens is 290 g/mol. The Morgan fingerprint density at radius 2 is 1.74 bits per heavy atom. The zero-order valence-corrected chi connectivity index (χ0v) is 12.3. The van der Waals surface area contributed by atoms with Gasteiger partial charge in [0, 0.05) is 23.6 Å². The van der Waals surface area contributed by atoms with Crippen LogP contribution in [0.1, 0.15) is 15.9 Å². The summed E-state index contributed by atoms with van der Waals surface area (Å²) in [6, 6.07) is 16.8. The molecule has 0 unspecified atom stereocenters. The van der Waals surface area contributed by atoms with Gasteiger partial charge in [-0.25, -0.2) is 14.8 Å². The van der Waals surface area contributed by atoms with E-state index in [-0.39, 0.29) is 6.61 Å². The van der Waals surface area contributed by atoms with Crippen LogP contribution < -0.4 is 5.73 Å². The van der Waals surface area contributed by atoms with Gasteiger partial charge in [-0.1, -0.05) is 42.5 Å². The van der Waals surface area contributed by atoms with Gasteiger partial charge in [0.25, 0.3) is 0 Å². The van der Waals surface area contributed by atoms with Crippen LogP contribution in [0.4, 0.5) is 5.69 Å². The number of aromatic nitrogens is 2. The number of benzene rings is 2. The minimum absolute atomic E-state index is 0.157. The first-order chi connectivity index (χ1) is 11.2. The maximum Gasteiger partial charge on any atom is 0.341 e. The summed E-state index contributed by atoms with van der Waals surface area (Å²) in [5.41, 5.74) is 8.36. The molecule has 114 valence electrons. The number of rotatable bonds is 4. The van der Waals surface area contributed by atoms with Crippen molar-refractivity contribution in [3.05, 3.63) is 78.1 Å². The number of ether oxygens (including phenoxy) is 1. The monoisotopic (exact) mass is 305 g/mol. The van der Waals surface area contributed by atoms with Crippen LogP contribution in [0.25, 0.3) is 11.4 Å². The molecule has 3 aromatic rings. The zero-order chi connectivity index (χ0) is 16.1. The molecule has 1 heterocycles. The Kier molecular flexibility index (Phi) is 4.29. The minimum atomic E-state index is -0.466. The van der Waals surface area contributed by atoms with Crippen molar-refractivity contribution in [1.82, 2.24) is 9.97 Å². The van der Waals surface area contributed by atoms with E-state index in [0.717, 1.165) is 11.1 Å². The van der Waals surface area contributed by atoms with E-state index in [0.29, 0.717) is 17.1 Å². The van der Waals surface area contributed by atoms with Crippen LogP contribution in [0.2, 0.25) is 0 Å².